The molecule has 0 nitrogen and oxygen atoms in total. The molecule has 2 atom stereocenters. The minimum Gasteiger partial charge on any atom is -0.162 e. The molecule has 9 heavy (non-hydrogen) atoms. The van der Waals surface area contributed by atoms with Crippen molar-refractivity contribution in [1.82, 2.24) is 0 Å². The van der Waals surface area contributed by atoms with Crippen LogP contribution in [0.2, 0.25) is 0 Å². The summed E-state index contributed by atoms with van der Waals surface area (Å²) in [7, 11) is 0. The summed E-state index contributed by atoms with van der Waals surface area (Å²) >= 11 is 2.18. The maximum atomic E-state index is 2.18. The number of rotatable bonds is 0. The van der Waals surface area contributed by atoms with Crippen LogP contribution in [0, 0.1) is 11.8 Å². The van der Waals surface area contributed by atoms with Gasteiger partial charge in [-0.1, -0.05) is 6.42 Å². The Bertz CT molecular complexity index is 88.7. The third-order valence-corrected chi connectivity index (χ3v) is 3.91. The number of fused-ring (bicyclic) bond motifs is 2. The second-order valence-electron chi connectivity index (χ2n) is 3.41. The third-order valence-electron chi connectivity index (χ3n) is 2.67. The first-order valence-electron chi connectivity index (χ1n) is 4.03. The molecule has 0 amide bonds. The van der Waals surface area contributed by atoms with E-state index in [4.69, 9.17) is 0 Å². The van der Waals surface area contributed by atoms with Gasteiger partial charge in [0.25, 0.3) is 0 Å². The number of hydrogen-bond acceptors (Lipinski definition) is 1. The Morgan fingerprint density at radius 2 is 1.89 bits per heavy atom. The van der Waals surface area contributed by atoms with Crippen molar-refractivity contribution in [1.29, 1.82) is 0 Å². The van der Waals surface area contributed by atoms with Crippen LogP contribution in [0.25, 0.3) is 0 Å². The predicted molar refractivity (Wildman–Crippen MR) is 42.8 cm³/mol. The molecular formula is C8H14S. The van der Waals surface area contributed by atoms with Crippen molar-refractivity contribution < 1.29 is 0 Å². The van der Waals surface area contributed by atoms with Gasteiger partial charge in [-0.2, -0.15) is 11.8 Å². The topological polar surface area (TPSA) is 0 Å². The highest BCUT2D eigenvalue weighted by atomic mass is 32.2. The molecule has 1 aliphatic carbocycles. The number of hydrogen-bond donors (Lipinski definition) is 0. The van der Waals surface area contributed by atoms with Crippen molar-refractivity contribution in [3.8, 4) is 0 Å². The molecule has 0 spiro atoms. The molecule has 1 heteroatoms. The van der Waals surface area contributed by atoms with E-state index in [0.717, 1.165) is 11.8 Å². The molecule has 1 saturated carbocycles. The summed E-state index contributed by atoms with van der Waals surface area (Å²) in [6.07, 6.45) is 6.16. The van der Waals surface area contributed by atoms with Crippen LogP contribution in [-0.4, -0.2) is 11.5 Å². The van der Waals surface area contributed by atoms with E-state index in [9.17, 15) is 0 Å². The molecule has 2 fully saturated rings. The lowest BCUT2D eigenvalue weighted by molar-refractivity contribution is 0.516. The van der Waals surface area contributed by atoms with E-state index in [2.05, 4.69) is 11.8 Å². The Morgan fingerprint density at radius 1 is 1.00 bits per heavy atom. The summed E-state index contributed by atoms with van der Waals surface area (Å²) in [6.45, 7) is 0. The molecule has 2 rings (SSSR count). The fourth-order valence-electron chi connectivity index (χ4n) is 2.09. The molecule has 0 N–H and O–H groups in total. The van der Waals surface area contributed by atoms with Gasteiger partial charge in [-0.05, 0) is 42.6 Å². The van der Waals surface area contributed by atoms with E-state index in [1.165, 1.54) is 24.3 Å². The Hall–Kier alpha value is 0.350. The summed E-state index contributed by atoms with van der Waals surface area (Å²) in [5, 5.41) is 0. The zero-order chi connectivity index (χ0) is 6.10. The van der Waals surface area contributed by atoms with Crippen LogP contribution < -0.4 is 0 Å². The normalized spacial score (nSPS) is 42.7. The zero-order valence-corrected chi connectivity index (χ0v) is 6.62. The Labute approximate surface area is 61.4 Å². The van der Waals surface area contributed by atoms with Crippen LogP contribution in [-0.2, 0) is 0 Å². The van der Waals surface area contributed by atoms with E-state index in [0.29, 0.717) is 0 Å². The third kappa shape index (κ3) is 1.26. The van der Waals surface area contributed by atoms with Crippen LogP contribution >= 0.6 is 11.8 Å². The summed E-state index contributed by atoms with van der Waals surface area (Å²) in [4.78, 5) is 0. The van der Waals surface area contributed by atoms with E-state index in [1.54, 1.807) is 12.8 Å². The lowest BCUT2D eigenvalue weighted by Gasteiger charge is -2.05. The first kappa shape index (κ1) is 6.09. The molecular weight excluding hydrogens is 128 g/mol. The van der Waals surface area contributed by atoms with Gasteiger partial charge < -0.3 is 0 Å². The van der Waals surface area contributed by atoms with Crippen LogP contribution in [0.4, 0.5) is 0 Å². The van der Waals surface area contributed by atoms with Crippen LogP contribution in [0.1, 0.15) is 25.7 Å². The molecule has 52 valence electrons. The fraction of sp³-hybridized carbons (Fsp3) is 1.00. The summed E-state index contributed by atoms with van der Waals surface area (Å²) in [6, 6.07) is 0. The standard InChI is InChI=1S/C8H14S/c1-2-8-5-7(1)3-4-9-6-8/h7-8H,1-6H2. The van der Waals surface area contributed by atoms with Crippen LogP contribution in [0.3, 0.4) is 0 Å². The van der Waals surface area contributed by atoms with Gasteiger partial charge >= 0.3 is 0 Å². The smallest absolute Gasteiger partial charge is 0.00390 e. The Kier molecular flexibility index (Phi) is 1.71. The first-order valence-corrected chi connectivity index (χ1v) is 5.18. The second kappa shape index (κ2) is 2.53. The molecule has 1 heterocycles. The summed E-state index contributed by atoms with van der Waals surface area (Å²) in [5.74, 6) is 5.16. The molecule has 1 saturated heterocycles. The summed E-state index contributed by atoms with van der Waals surface area (Å²) < 4.78 is 0. The largest absolute Gasteiger partial charge is 0.162 e. The first-order chi connectivity index (χ1) is 4.45. The van der Waals surface area contributed by atoms with Crippen LogP contribution in [0.5, 0.6) is 0 Å². The maximum Gasteiger partial charge on any atom is -0.00390 e. The molecule has 0 aromatic rings. The van der Waals surface area contributed by atoms with E-state index in [1.807, 2.05) is 0 Å². The van der Waals surface area contributed by atoms with Crippen molar-refractivity contribution in [3.05, 3.63) is 0 Å². The molecule has 2 unspecified atom stereocenters. The zero-order valence-electron chi connectivity index (χ0n) is 5.81. The van der Waals surface area contributed by atoms with Gasteiger partial charge in [-0.3, -0.25) is 0 Å². The quantitative estimate of drug-likeness (QED) is 0.501. The van der Waals surface area contributed by atoms with Gasteiger partial charge in [0.2, 0.25) is 0 Å². The molecule has 1 aliphatic heterocycles. The van der Waals surface area contributed by atoms with E-state index >= 15 is 0 Å². The lowest BCUT2D eigenvalue weighted by Crippen LogP contribution is -1.94. The van der Waals surface area contributed by atoms with Crippen molar-refractivity contribution >= 4 is 11.8 Å². The van der Waals surface area contributed by atoms with Gasteiger partial charge in [-0.25, -0.2) is 0 Å². The van der Waals surface area contributed by atoms with E-state index < -0.39 is 0 Å². The molecule has 0 aromatic heterocycles. The lowest BCUT2D eigenvalue weighted by atomic mass is 10.0. The van der Waals surface area contributed by atoms with Crippen LogP contribution in [0.15, 0.2) is 0 Å². The molecule has 2 aliphatic rings. The van der Waals surface area contributed by atoms with Crippen molar-refractivity contribution in [3.63, 3.8) is 0 Å². The monoisotopic (exact) mass is 142 g/mol. The highest BCUT2D eigenvalue weighted by Gasteiger charge is 2.26. The van der Waals surface area contributed by atoms with Crippen molar-refractivity contribution in [2.75, 3.05) is 11.5 Å². The van der Waals surface area contributed by atoms with Gasteiger partial charge in [0.05, 0.1) is 0 Å². The Morgan fingerprint density at radius 3 is 2.89 bits per heavy atom. The maximum absolute atomic E-state index is 2.18. The SMILES string of the molecule is C1CC2CCC(CS1)C2. The van der Waals surface area contributed by atoms with E-state index in [-0.39, 0.29) is 0 Å². The summed E-state index contributed by atoms with van der Waals surface area (Å²) in [5.41, 5.74) is 0. The minimum absolute atomic E-state index is 1.11. The molecule has 2 bridgehead atoms. The van der Waals surface area contributed by atoms with Gasteiger partial charge in [0, 0.05) is 0 Å². The number of thioether (sulfide) groups is 1. The Balaban J connectivity index is 1.99. The average Bonchev–Trinajstić information content (AvgIpc) is 2.09. The van der Waals surface area contributed by atoms with Gasteiger partial charge in [0.15, 0.2) is 0 Å². The molecule has 0 radical (unpaired) electrons. The van der Waals surface area contributed by atoms with Crippen molar-refractivity contribution in [2.24, 2.45) is 11.8 Å². The van der Waals surface area contributed by atoms with Gasteiger partial charge in [-0.15, -0.1) is 0 Å². The molecule has 0 aromatic carbocycles. The minimum atomic E-state index is 1.11. The highest BCUT2D eigenvalue weighted by molar-refractivity contribution is 7.99. The predicted octanol–water partition coefficient (Wildman–Crippen LogP) is 2.54. The average molecular weight is 142 g/mol. The fourth-order valence-corrected chi connectivity index (χ4v) is 3.39. The second-order valence-corrected chi connectivity index (χ2v) is 4.56. The van der Waals surface area contributed by atoms with Crippen molar-refractivity contribution in [2.45, 2.75) is 25.7 Å². The highest BCUT2D eigenvalue weighted by Crippen LogP contribution is 2.38. The van der Waals surface area contributed by atoms with Gasteiger partial charge in [0.1, 0.15) is 0 Å².